The van der Waals surface area contributed by atoms with E-state index in [1.54, 1.807) is 11.8 Å². The van der Waals surface area contributed by atoms with Gasteiger partial charge in [-0.25, -0.2) is 13.1 Å². The average Bonchev–Trinajstić information content (AvgIpc) is 2.47. The lowest BCUT2D eigenvalue weighted by atomic mass is 10.2. The summed E-state index contributed by atoms with van der Waals surface area (Å²) in [5, 5.41) is 10.9. The topological polar surface area (TPSA) is 127 Å². The normalized spacial score (nSPS) is 16.6. The molecule has 1 aromatic rings. The van der Waals surface area contributed by atoms with E-state index in [1.165, 1.54) is 12.1 Å². The molecule has 1 aliphatic heterocycles. The molecule has 0 aromatic heterocycles. The maximum absolute atomic E-state index is 12.3. The van der Waals surface area contributed by atoms with Gasteiger partial charge >= 0.3 is 0 Å². The molecule has 0 spiro atoms. The molecule has 10 heteroatoms. The molecule has 4 N–H and O–H groups in total. The van der Waals surface area contributed by atoms with E-state index in [0.29, 0.717) is 0 Å². The highest BCUT2D eigenvalue weighted by molar-refractivity contribution is 7.99. The monoisotopic (exact) mass is 332 g/mol. The summed E-state index contributed by atoms with van der Waals surface area (Å²) in [5.41, 5.74) is 1.86. The summed E-state index contributed by atoms with van der Waals surface area (Å²) < 4.78 is 27.2. The van der Waals surface area contributed by atoms with Crippen LogP contribution in [0.2, 0.25) is 0 Å². The van der Waals surface area contributed by atoms with Gasteiger partial charge in [0.1, 0.15) is 5.69 Å². The SMILES string of the molecule is NNc1ccc(S(=O)(=O)NC2CCSCC2)cc1[N+](=O)[O-]. The summed E-state index contributed by atoms with van der Waals surface area (Å²) in [6, 6.07) is 3.46. The van der Waals surface area contributed by atoms with E-state index in [-0.39, 0.29) is 22.3 Å². The number of sulfonamides is 1. The molecule has 1 aliphatic rings. The number of nitrogens with one attached hydrogen (secondary N) is 2. The lowest BCUT2D eigenvalue weighted by Gasteiger charge is -2.22. The first-order valence-corrected chi connectivity index (χ1v) is 8.93. The third-order valence-electron chi connectivity index (χ3n) is 3.17. The van der Waals surface area contributed by atoms with Crippen LogP contribution in [0, 0.1) is 10.1 Å². The van der Waals surface area contributed by atoms with Crippen molar-refractivity contribution in [3.63, 3.8) is 0 Å². The Morgan fingerprint density at radius 1 is 1.33 bits per heavy atom. The number of nitro groups is 1. The summed E-state index contributed by atoms with van der Waals surface area (Å²) in [6.07, 6.45) is 1.52. The van der Waals surface area contributed by atoms with E-state index >= 15 is 0 Å². The average molecular weight is 332 g/mol. The van der Waals surface area contributed by atoms with Gasteiger partial charge in [-0.15, -0.1) is 0 Å². The number of nitrogen functional groups attached to an aromatic ring is 1. The van der Waals surface area contributed by atoms with Crippen molar-refractivity contribution < 1.29 is 13.3 Å². The molecule has 0 aliphatic carbocycles. The van der Waals surface area contributed by atoms with Crippen LogP contribution in [0.3, 0.4) is 0 Å². The minimum absolute atomic E-state index is 0.0630. The first-order chi connectivity index (χ1) is 9.94. The Kier molecular flexibility index (Phi) is 5.04. The highest BCUT2D eigenvalue weighted by atomic mass is 32.2. The number of benzene rings is 1. The molecule has 0 amide bonds. The van der Waals surface area contributed by atoms with Crippen LogP contribution in [0.1, 0.15) is 12.8 Å². The van der Waals surface area contributed by atoms with E-state index in [0.717, 1.165) is 30.4 Å². The van der Waals surface area contributed by atoms with Gasteiger partial charge in [0.05, 0.1) is 9.82 Å². The van der Waals surface area contributed by atoms with Crippen LogP contribution in [0.5, 0.6) is 0 Å². The van der Waals surface area contributed by atoms with Crippen molar-refractivity contribution >= 4 is 33.2 Å². The zero-order valence-electron chi connectivity index (χ0n) is 11.1. The van der Waals surface area contributed by atoms with E-state index in [2.05, 4.69) is 10.1 Å². The van der Waals surface area contributed by atoms with Gasteiger partial charge in [0.25, 0.3) is 5.69 Å². The lowest BCUT2D eigenvalue weighted by molar-refractivity contribution is -0.384. The minimum Gasteiger partial charge on any atom is -0.318 e. The number of nitrogens with two attached hydrogens (primary N) is 1. The number of hydrazine groups is 1. The molecule has 2 rings (SSSR count). The van der Waals surface area contributed by atoms with Crippen molar-refractivity contribution in [3.05, 3.63) is 28.3 Å². The molecular formula is C11H16N4O4S2. The second-order valence-electron chi connectivity index (χ2n) is 4.59. The van der Waals surface area contributed by atoms with Crippen LogP contribution >= 0.6 is 11.8 Å². The molecule has 1 aromatic carbocycles. The maximum Gasteiger partial charge on any atom is 0.294 e. The summed E-state index contributed by atoms with van der Waals surface area (Å²) in [6.45, 7) is 0. The summed E-state index contributed by atoms with van der Waals surface area (Å²) in [4.78, 5) is 10.1. The van der Waals surface area contributed by atoms with Crippen LogP contribution in [0.15, 0.2) is 23.1 Å². The fraction of sp³-hybridized carbons (Fsp3) is 0.455. The second kappa shape index (κ2) is 6.60. The molecule has 21 heavy (non-hydrogen) atoms. The largest absolute Gasteiger partial charge is 0.318 e. The predicted octanol–water partition coefficient (Wildman–Crippen LogP) is 1.05. The zero-order chi connectivity index (χ0) is 15.5. The fourth-order valence-electron chi connectivity index (χ4n) is 2.05. The molecule has 0 atom stereocenters. The number of nitrogens with zero attached hydrogens (tertiary/aromatic N) is 1. The highest BCUT2D eigenvalue weighted by Crippen LogP contribution is 2.27. The maximum atomic E-state index is 12.3. The van der Waals surface area contributed by atoms with Gasteiger partial charge in [0.15, 0.2) is 0 Å². The zero-order valence-corrected chi connectivity index (χ0v) is 12.7. The van der Waals surface area contributed by atoms with Gasteiger partial charge in [0, 0.05) is 12.1 Å². The van der Waals surface area contributed by atoms with Crippen molar-refractivity contribution in [2.45, 2.75) is 23.8 Å². The molecule has 1 saturated heterocycles. The standard InChI is InChI=1S/C11H16N4O4S2/c12-13-10-2-1-9(7-11(10)15(16)17)21(18,19)14-8-3-5-20-6-4-8/h1-2,7-8,13-14H,3-6,12H2. The molecule has 1 fully saturated rings. The molecular weight excluding hydrogens is 316 g/mol. The Morgan fingerprint density at radius 2 is 2.00 bits per heavy atom. The quantitative estimate of drug-likeness (QED) is 0.418. The molecule has 1 heterocycles. The Morgan fingerprint density at radius 3 is 2.57 bits per heavy atom. The van der Waals surface area contributed by atoms with Gasteiger partial charge in [-0.05, 0) is 36.5 Å². The summed E-state index contributed by atoms with van der Waals surface area (Å²) >= 11 is 1.79. The Balaban J connectivity index is 2.27. The number of anilines is 1. The molecule has 8 nitrogen and oxygen atoms in total. The fourth-order valence-corrected chi connectivity index (χ4v) is 4.49. The van der Waals surface area contributed by atoms with Crippen molar-refractivity contribution in [1.29, 1.82) is 0 Å². The Labute approximate surface area is 126 Å². The number of thioether (sulfide) groups is 1. The third-order valence-corrected chi connectivity index (χ3v) is 5.74. The van der Waals surface area contributed by atoms with E-state index < -0.39 is 14.9 Å². The van der Waals surface area contributed by atoms with Gasteiger partial charge in [-0.3, -0.25) is 16.0 Å². The number of nitro benzene ring substituents is 1. The predicted molar refractivity (Wildman–Crippen MR) is 81.6 cm³/mol. The Bertz CT molecular complexity index is 629. The van der Waals surface area contributed by atoms with E-state index in [9.17, 15) is 18.5 Å². The van der Waals surface area contributed by atoms with Crippen LogP contribution < -0.4 is 16.0 Å². The van der Waals surface area contributed by atoms with Crippen molar-refractivity contribution in [2.24, 2.45) is 5.84 Å². The first-order valence-electron chi connectivity index (χ1n) is 6.29. The third kappa shape index (κ3) is 3.84. The van der Waals surface area contributed by atoms with Crippen LogP contribution in [-0.4, -0.2) is 30.9 Å². The van der Waals surface area contributed by atoms with Gasteiger partial charge in [-0.2, -0.15) is 11.8 Å². The molecule has 116 valence electrons. The smallest absolute Gasteiger partial charge is 0.294 e. The van der Waals surface area contributed by atoms with Gasteiger partial charge in [-0.1, -0.05) is 0 Å². The number of hydrogen-bond donors (Lipinski definition) is 3. The summed E-state index contributed by atoms with van der Waals surface area (Å²) in [5.74, 6) is 6.99. The number of rotatable bonds is 5. The van der Waals surface area contributed by atoms with Gasteiger partial charge < -0.3 is 5.43 Å². The molecule has 0 bridgehead atoms. The molecule has 0 unspecified atom stereocenters. The lowest BCUT2D eigenvalue weighted by Crippen LogP contribution is -2.37. The van der Waals surface area contributed by atoms with Crippen LogP contribution in [0.25, 0.3) is 0 Å². The number of hydrogen-bond acceptors (Lipinski definition) is 7. The minimum atomic E-state index is -3.77. The molecule has 0 saturated carbocycles. The van der Waals surface area contributed by atoms with Crippen molar-refractivity contribution in [3.8, 4) is 0 Å². The second-order valence-corrected chi connectivity index (χ2v) is 7.53. The van der Waals surface area contributed by atoms with E-state index in [1.807, 2.05) is 0 Å². The van der Waals surface area contributed by atoms with Crippen molar-refractivity contribution in [2.75, 3.05) is 16.9 Å². The van der Waals surface area contributed by atoms with Crippen LogP contribution in [-0.2, 0) is 10.0 Å². The van der Waals surface area contributed by atoms with Crippen molar-refractivity contribution in [1.82, 2.24) is 4.72 Å². The Hall–Kier alpha value is -1.36. The molecule has 0 radical (unpaired) electrons. The first kappa shape index (κ1) is 16.0. The highest BCUT2D eigenvalue weighted by Gasteiger charge is 2.25. The summed E-state index contributed by atoms with van der Waals surface area (Å²) in [7, 11) is -3.77. The van der Waals surface area contributed by atoms with E-state index in [4.69, 9.17) is 5.84 Å². The van der Waals surface area contributed by atoms with Gasteiger partial charge in [0.2, 0.25) is 10.0 Å². The van der Waals surface area contributed by atoms with Crippen LogP contribution in [0.4, 0.5) is 11.4 Å².